The van der Waals surface area contributed by atoms with Gasteiger partial charge in [0.15, 0.2) is 11.5 Å². The van der Waals surface area contributed by atoms with Crippen LogP contribution in [0.5, 0.6) is 11.5 Å². The Balaban J connectivity index is 1.56. The van der Waals surface area contributed by atoms with E-state index in [0.717, 1.165) is 45.7 Å². The Hall–Kier alpha value is -1.99. The van der Waals surface area contributed by atoms with E-state index in [-0.39, 0.29) is 6.03 Å². The molecule has 2 saturated heterocycles. The van der Waals surface area contributed by atoms with Gasteiger partial charge in [0, 0.05) is 56.7 Å². The van der Waals surface area contributed by atoms with Gasteiger partial charge in [-0.15, -0.1) is 0 Å². The molecule has 1 N–H and O–H groups in total. The Kier molecular flexibility index (Phi) is 7.02. The Bertz CT molecular complexity index is 655. The maximum Gasteiger partial charge on any atom is 0.321 e. The highest BCUT2D eigenvalue weighted by Gasteiger charge is 2.38. The highest BCUT2D eigenvalue weighted by atomic mass is 16.5. The molecule has 2 aliphatic heterocycles. The number of ether oxygens (including phenoxy) is 3. The Labute approximate surface area is 167 Å². The van der Waals surface area contributed by atoms with Gasteiger partial charge in [-0.3, -0.25) is 4.90 Å². The van der Waals surface area contributed by atoms with E-state index in [1.807, 2.05) is 11.0 Å². The highest BCUT2D eigenvalue weighted by molar-refractivity contribution is 5.90. The van der Waals surface area contributed by atoms with Gasteiger partial charge in [0.05, 0.1) is 14.2 Å². The molecule has 0 unspecified atom stereocenters. The lowest BCUT2D eigenvalue weighted by Gasteiger charge is -2.49. The third-order valence-electron chi connectivity index (χ3n) is 5.49. The van der Waals surface area contributed by atoms with Crippen LogP contribution in [0.3, 0.4) is 0 Å². The van der Waals surface area contributed by atoms with Crippen molar-refractivity contribution in [2.75, 3.05) is 52.4 Å². The SMILES string of the molecule is COc1ccc(NC(=O)N2CC(N(CC(C)C)C3CCOCC3)C2)cc1OC. The number of methoxy groups -OCH3 is 2. The summed E-state index contributed by atoms with van der Waals surface area (Å²) in [4.78, 5) is 17.1. The number of rotatable bonds is 7. The van der Waals surface area contributed by atoms with Crippen LogP contribution in [0, 0.1) is 5.92 Å². The van der Waals surface area contributed by atoms with Crippen molar-refractivity contribution in [1.82, 2.24) is 9.80 Å². The van der Waals surface area contributed by atoms with Gasteiger partial charge in [0.2, 0.25) is 0 Å². The van der Waals surface area contributed by atoms with Crippen LogP contribution in [-0.4, -0.2) is 75.0 Å². The van der Waals surface area contributed by atoms with Crippen molar-refractivity contribution in [2.24, 2.45) is 5.92 Å². The number of carbonyl (C=O) groups is 1. The van der Waals surface area contributed by atoms with Crippen molar-refractivity contribution in [1.29, 1.82) is 0 Å². The lowest BCUT2D eigenvalue weighted by molar-refractivity contribution is -0.0229. The zero-order valence-electron chi connectivity index (χ0n) is 17.4. The quantitative estimate of drug-likeness (QED) is 0.774. The molecule has 1 aromatic carbocycles. The van der Waals surface area contributed by atoms with Gasteiger partial charge in [0.25, 0.3) is 0 Å². The predicted molar refractivity (Wildman–Crippen MR) is 109 cm³/mol. The molecule has 0 spiro atoms. The average molecular weight is 392 g/mol. The minimum absolute atomic E-state index is 0.0695. The van der Waals surface area contributed by atoms with E-state index in [1.165, 1.54) is 0 Å². The molecule has 2 aliphatic rings. The van der Waals surface area contributed by atoms with Gasteiger partial charge in [-0.1, -0.05) is 13.8 Å². The zero-order chi connectivity index (χ0) is 20.1. The molecule has 1 aromatic rings. The summed E-state index contributed by atoms with van der Waals surface area (Å²) in [6.45, 7) is 8.80. The van der Waals surface area contributed by atoms with Gasteiger partial charge in [-0.25, -0.2) is 4.79 Å². The zero-order valence-corrected chi connectivity index (χ0v) is 17.4. The third-order valence-corrected chi connectivity index (χ3v) is 5.49. The van der Waals surface area contributed by atoms with Crippen LogP contribution in [0.4, 0.5) is 10.5 Å². The van der Waals surface area contributed by atoms with Gasteiger partial charge >= 0.3 is 6.03 Å². The number of hydrogen-bond donors (Lipinski definition) is 1. The monoisotopic (exact) mass is 391 g/mol. The first-order valence-corrected chi connectivity index (χ1v) is 10.1. The maximum atomic E-state index is 12.6. The number of nitrogens with one attached hydrogen (secondary N) is 1. The molecule has 0 atom stereocenters. The first-order chi connectivity index (χ1) is 13.5. The number of nitrogens with zero attached hydrogens (tertiary/aromatic N) is 2. The van der Waals surface area contributed by atoms with E-state index >= 15 is 0 Å². The standard InChI is InChI=1S/C21H33N3O4/c1-15(2)12-24(17-7-9-28-10-8-17)18-13-23(14-18)21(25)22-16-5-6-19(26-3)20(11-16)27-4/h5-6,11,15,17-18H,7-10,12-14H2,1-4H3,(H,22,25). The summed E-state index contributed by atoms with van der Waals surface area (Å²) >= 11 is 0. The summed E-state index contributed by atoms with van der Waals surface area (Å²) in [5.41, 5.74) is 0.703. The fourth-order valence-corrected chi connectivity index (χ4v) is 3.98. The molecular formula is C21H33N3O4. The number of urea groups is 1. The molecule has 2 fully saturated rings. The van der Waals surface area contributed by atoms with Gasteiger partial charge in [0.1, 0.15) is 0 Å². The van der Waals surface area contributed by atoms with Crippen molar-refractivity contribution in [2.45, 2.75) is 38.8 Å². The van der Waals surface area contributed by atoms with Crippen LogP contribution in [0.1, 0.15) is 26.7 Å². The third kappa shape index (κ3) is 4.89. The Morgan fingerprint density at radius 3 is 2.46 bits per heavy atom. The summed E-state index contributed by atoms with van der Waals surface area (Å²) < 4.78 is 16.1. The van der Waals surface area contributed by atoms with E-state index in [4.69, 9.17) is 14.2 Å². The number of anilines is 1. The summed E-state index contributed by atoms with van der Waals surface area (Å²) in [6.07, 6.45) is 2.17. The molecular weight excluding hydrogens is 358 g/mol. The first-order valence-electron chi connectivity index (χ1n) is 10.1. The van der Waals surface area contributed by atoms with Crippen molar-refractivity contribution in [3.8, 4) is 11.5 Å². The Morgan fingerprint density at radius 1 is 1.18 bits per heavy atom. The van der Waals surface area contributed by atoms with Crippen LogP contribution < -0.4 is 14.8 Å². The number of likely N-dealkylation sites (tertiary alicyclic amines) is 1. The minimum Gasteiger partial charge on any atom is -0.493 e. The number of carbonyl (C=O) groups excluding carboxylic acids is 1. The number of amides is 2. The summed E-state index contributed by atoms with van der Waals surface area (Å²) in [7, 11) is 3.18. The van der Waals surface area contributed by atoms with Crippen LogP contribution in [0.2, 0.25) is 0 Å². The van der Waals surface area contributed by atoms with Crippen molar-refractivity contribution >= 4 is 11.7 Å². The van der Waals surface area contributed by atoms with E-state index in [2.05, 4.69) is 24.1 Å². The fourth-order valence-electron chi connectivity index (χ4n) is 3.98. The molecule has 2 amide bonds. The van der Waals surface area contributed by atoms with Gasteiger partial charge < -0.3 is 24.4 Å². The molecule has 0 radical (unpaired) electrons. The number of hydrogen-bond acceptors (Lipinski definition) is 5. The molecule has 7 heteroatoms. The van der Waals surface area contributed by atoms with E-state index in [9.17, 15) is 4.79 Å². The highest BCUT2D eigenvalue weighted by Crippen LogP contribution is 2.30. The lowest BCUT2D eigenvalue weighted by atomic mass is 9.98. The van der Waals surface area contributed by atoms with Crippen LogP contribution in [-0.2, 0) is 4.74 Å². The molecule has 2 heterocycles. The Morgan fingerprint density at radius 2 is 1.86 bits per heavy atom. The predicted octanol–water partition coefficient (Wildman–Crippen LogP) is 3.06. The molecule has 0 aliphatic carbocycles. The van der Waals surface area contributed by atoms with Crippen molar-refractivity contribution < 1.29 is 19.0 Å². The van der Waals surface area contributed by atoms with E-state index < -0.39 is 0 Å². The number of benzene rings is 1. The topological polar surface area (TPSA) is 63.3 Å². The summed E-state index contributed by atoms with van der Waals surface area (Å²) in [6, 6.07) is 6.33. The lowest BCUT2D eigenvalue weighted by Crippen LogP contribution is -2.64. The second-order valence-electron chi connectivity index (χ2n) is 7.99. The van der Waals surface area contributed by atoms with E-state index in [1.54, 1.807) is 26.4 Å². The summed E-state index contributed by atoms with van der Waals surface area (Å²) in [5.74, 6) is 1.85. The van der Waals surface area contributed by atoms with Crippen LogP contribution in [0.25, 0.3) is 0 Å². The second-order valence-corrected chi connectivity index (χ2v) is 7.99. The molecule has 28 heavy (non-hydrogen) atoms. The summed E-state index contributed by atoms with van der Waals surface area (Å²) in [5, 5.41) is 2.96. The molecule has 0 saturated carbocycles. The molecule has 0 aromatic heterocycles. The fraction of sp³-hybridized carbons (Fsp3) is 0.667. The molecule has 156 valence electrons. The van der Waals surface area contributed by atoms with Crippen molar-refractivity contribution in [3.05, 3.63) is 18.2 Å². The second kappa shape index (κ2) is 9.47. The molecule has 7 nitrogen and oxygen atoms in total. The van der Waals surface area contributed by atoms with Gasteiger partial charge in [-0.2, -0.15) is 0 Å². The van der Waals surface area contributed by atoms with Crippen LogP contribution in [0.15, 0.2) is 18.2 Å². The van der Waals surface area contributed by atoms with E-state index in [0.29, 0.717) is 35.2 Å². The van der Waals surface area contributed by atoms with Crippen molar-refractivity contribution in [3.63, 3.8) is 0 Å². The van der Waals surface area contributed by atoms with Gasteiger partial charge in [-0.05, 0) is 30.9 Å². The smallest absolute Gasteiger partial charge is 0.321 e. The maximum absolute atomic E-state index is 12.6. The normalized spacial score (nSPS) is 18.3. The largest absolute Gasteiger partial charge is 0.493 e. The molecule has 0 bridgehead atoms. The molecule has 3 rings (SSSR count). The minimum atomic E-state index is -0.0695. The van der Waals surface area contributed by atoms with Crippen LogP contribution >= 0.6 is 0 Å². The average Bonchev–Trinajstić information content (AvgIpc) is 2.66. The first kappa shape index (κ1) is 20.7.